The Morgan fingerprint density at radius 2 is 1.83 bits per heavy atom. The highest BCUT2D eigenvalue weighted by atomic mass is 19.1. The van der Waals surface area contributed by atoms with Crippen LogP contribution in [0, 0.1) is 5.82 Å². The van der Waals surface area contributed by atoms with E-state index in [-0.39, 0.29) is 18.0 Å². The maximum Gasteiger partial charge on any atom is 0.315 e. The lowest BCUT2D eigenvalue weighted by molar-refractivity contribution is -0.162. The molecule has 1 saturated heterocycles. The van der Waals surface area contributed by atoms with Gasteiger partial charge in [-0.15, -0.1) is 0 Å². The first-order chi connectivity index (χ1) is 14.0. The second-order valence-corrected chi connectivity index (χ2v) is 7.30. The second kappa shape index (κ2) is 8.03. The van der Waals surface area contributed by atoms with Crippen LogP contribution in [0.3, 0.4) is 0 Å². The molecule has 2 atom stereocenters. The zero-order valence-corrected chi connectivity index (χ0v) is 15.8. The van der Waals surface area contributed by atoms with Crippen LogP contribution >= 0.6 is 0 Å². The van der Waals surface area contributed by atoms with E-state index in [1.54, 1.807) is 29.2 Å². The molecule has 7 heteroatoms. The number of rotatable bonds is 4. The Bertz CT molecular complexity index is 941. The van der Waals surface area contributed by atoms with Gasteiger partial charge in [-0.25, -0.2) is 4.39 Å². The Morgan fingerprint density at radius 3 is 2.55 bits per heavy atom. The number of esters is 1. The van der Waals surface area contributed by atoms with Gasteiger partial charge in [-0.1, -0.05) is 36.4 Å². The maximum atomic E-state index is 13.5. The first-order valence-corrected chi connectivity index (χ1v) is 9.66. The largest absolute Gasteiger partial charge is 0.447 e. The summed E-state index contributed by atoms with van der Waals surface area (Å²) in [6, 6.07) is 12.7. The van der Waals surface area contributed by atoms with Gasteiger partial charge in [0.1, 0.15) is 5.82 Å². The number of likely N-dealkylation sites (tertiary alicyclic amines) is 1. The zero-order valence-electron chi connectivity index (χ0n) is 15.8. The van der Waals surface area contributed by atoms with E-state index in [1.165, 1.54) is 18.2 Å². The predicted molar refractivity (Wildman–Crippen MR) is 103 cm³/mol. The summed E-state index contributed by atoms with van der Waals surface area (Å²) in [5, 5.41) is 2.58. The number of halogens is 1. The number of carbonyl (C=O) groups excluding carboxylic acids is 3. The zero-order chi connectivity index (χ0) is 20.4. The van der Waals surface area contributed by atoms with Crippen LogP contribution in [0.4, 0.5) is 10.1 Å². The number of nitrogens with one attached hydrogen (secondary N) is 1. The van der Waals surface area contributed by atoms with Crippen LogP contribution < -0.4 is 5.32 Å². The number of fused-ring (bicyclic) bond motifs is 1. The molecule has 150 valence electrons. The van der Waals surface area contributed by atoms with E-state index in [2.05, 4.69) is 5.32 Å². The van der Waals surface area contributed by atoms with Gasteiger partial charge in [-0.2, -0.15) is 0 Å². The van der Waals surface area contributed by atoms with Crippen molar-refractivity contribution >= 4 is 23.5 Å². The third-order valence-corrected chi connectivity index (χ3v) is 5.32. The van der Waals surface area contributed by atoms with Gasteiger partial charge in [0.25, 0.3) is 5.91 Å². The van der Waals surface area contributed by atoms with Crippen LogP contribution in [0.15, 0.2) is 48.5 Å². The molecule has 2 aromatic carbocycles. The van der Waals surface area contributed by atoms with Gasteiger partial charge in [-0.05, 0) is 30.5 Å². The van der Waals surface area contributed by atoms with Crippen LogP contribution in [0.5, 0.6) is 0 Å². The minimum atomic E-state index is -1.07. The van der Waals surface area contributed by atoms with Gasteiger partial charge in [0.2, 0.25) is 12.0 Å². The molecule has 2 aliphatic rings. The van der Waals surface area contributed by atoms with Crippen molar-refractivity contribution < 1.29 is 23.5 Å². The normalized spacial score (nSPS) is 19.3. The van der Waals surface area contributed by atoms with Crippen molar-refractivity contribution in [3.05, 3.63) is 65.5 Å². The number of hydrogen-bond donors (Lipinski definition) is 1. The van der Waals surface area contributed by atoms with Crippen molar-refractivity contribution in [2.45, 2.75) is 31.3 Å². The van der Waals surface area contributed by atoms with Gasteiger partial charge < -0.3 is 15.0 Å². The second-order valence-electron chi connectivity index (χ2n) is 7.30. The smallest absolute Gasteiger partial charge is 0.315 e. The first-order valence-electron chi connectivity index (χ1n) is 9.66. The molecule has 0 saturated carbocycles. The fourth-order valence-corrected chi connectivity index (χ4v) is 3.84. The quantitative estimate of drug-likeness (QED) is 0.806. The van der Waals surface area contributed by atoms with Crippen molar-refractivity contribution in [2.24, 2.45) is 0 Å². The number of carbonyl (C=O) groups is 3. The Labute approximate surface area is 167 Å². The third kappa shape index (κ3) is 3.99. The van der Waals surface area contributed by atoms with Gasteiger partial charge in [0.05, 0.1) is 5.92 Å². The molecule has 0 radical (unpaired) electrons. The molecule has 1 N–H and O–H groups in total. The molecule has 0 spiro atoms. The predicted octanol–water partition coefficient (Wildman–Crippen LogP) is 3.16. The summed E-state index contributed by atoms with van der Waals surface area (Å²) >= 11 is 0. The van der Waals surface area contributed by atoms with Gasteiger partial charge in [0, 0.05) is 30.8 Å². The molecule has 0 aromatic heterocycles. The molecule has 6 nitrogen and oxygen atoms in total. The molecule has 4 rings (SSSR count). The molecule has 2 aromatic rings. The van der Waals surface area contributed by atoms with E-state index >= 15 is 0 Å². The van der Waals surface area contributed by atoms with Crippen LogP contribution in [-0.2, 0) is 19.1 Å². The number of benzene rings is 2. The monoisotopic (exact) mass is 396 g/mol. The van der Waals surface area contributed by atoms with Crippen molar-refractivity contribution in [3.63, 3.8) is 0 Å². The van der Waals surface area contributed by atoms with E-state index < -0.39 is 29.7 Å². The number of ether oxygens (including phenoxy) is 1. The molecule has 0 unspecified atom stereocenters. The molecule has 29 heavy (non-hydrogen) atoms. The highest BCUT2D eigenvalue weighted by molar-refractivity contribution is 6.00. The van der Waals surface area contributed by atoms with Crippen LogP contribution in [0.1, 0.15) is 42.4 Å². The number of hydrogen-bond acceptors (Lipinski definition) is 4. The van der Waals surface area contributed by atoms with Crippen LogP contribution in [-0.4, -0.2) is 35.8 Å². The van der Waals surface area contributed by atoms with E-state index in [0.29, 0.717) is 24.2 Å². The summed E-state index contributed by atoms with van der Waals surface area (Å²) in [4.78, 5) is 39.8. The SMILES string of the molecule is O=C1C[C@H](C(=O)O[C@@H](C(=O)N2CCCC2)c2ccccc2)c2ccc(F)cc2N1. The summed E-state index contributed by atoms with van der Waals surface area (Å²) in [6.45, 7) is 1.27. The standard InChI is InChI=1S/C22H21FN2O4/c23-15-8-9-16-17(13-19(26)24-18(16)12-15)22(28)29-20(14-6-2-1-3-7-14)21(27)25-10-4-5-11-25/h1-3,6-9,12,17,20H,4-5,10-11,13H2,(H,24,26)/t17-,20+/m0/s1. The highest BCUT2D eigenvalue weighted by Gasteiger charge is 2.37. The van der Waals surface area contributed by atoms with E-state index in [9.17, 15) is 18.8 Å². The molecule has 0 aliphatic carbocycles. The van der Waals surface area contributed by atoms with Crippen LogP contribution in [0.25, 0.3) is 0 Å². The summed E-state index contributed by atoms with van der Waals surface area (Å²) in [5.41, 5.74) is 1.32. The minimum Gasteiger partial charge on any atom is -0.447 e. The molecule has 2 amide bonds. The van der Waals surface area contributed by atoms with Crippen molar-refractivity contribution in [3.8, 4) is 0 Å². The Kier molecular flexibility index (Phi) is 5.29. The van der Waals surface area contributed by atoms with Crippen molar-refractivity contribution in [2.75, 3.05) is 18.4 Å². The molecular formula is C22H21FN2O4. The van der Waals surface area contributed by atoms with E-state index in [1.807, 2.05) is 6.07 Å². The van der Waals surface area contributed by atoms with Gasteiger partial charge >= 0.3 is 5.97 Å². The number of anilines is 1. The number of amides is 2. The van der Waals surface area contributed by atoms with Crippen LogP contribution in [0.2, 0.25) is 0 Å². The third-order valence-electron chi connectivity index (χ3n) is 5.32. The fraction of sp³-hybridized carbons (Fsp3) is 0.318. The Balaban J connectivity index is 1.62. The first kappa shape index (κ1) is 19.1. The highest BCUT2D eigenvalue weighted by Crippen LogP contribution is 2.35. The number of nitrogens with zero attached hydrogens (tertiary/aromatic N) is 1. The summed E-state index contributed by atoms with van der Waals surface area (Å²) < 4.78 is 19.2. The summed E-state index contributed by atoms with van der Waals surface area (Å²) in [7, 11) is 0. The summed E-state index contributed by atoms with van der Waals surface area (Å²) in [6.07, 6.45) is 0.652. The lowest BCUT2D eigenvalue weighted by atomic mass is 9.90. The lowest BCUT2D eigenvalue weighted by Crippen LogP contribution is -2.36. The minimum absolute atomic E-state index is 0.114. The topological polar surface area (TPSA) is 75.7 Å². The molecule has 0 bridgehead atoms. The van der Waals surface area contributed by atoms with Gasteiger partial charge in [-0.3, -0.25) is 14.4 Å². The Hall–Kier alpha value is -3.22. The molecular weight excluding hydrogens is 375 g/mol. The molecule has 1 fully saturated rings. The van der Waals surface area contributed by atoms with Gasteiger partial charge in [0.15, 0.2) is 0 Å². The van der Waals surface area contributed by atoms with E-state index in [0.717, 1.165) is 12.8 Å². The molecule has 2 aliphatic heterocycles. The van der Waals surface area contributed by atoms with Crippen molar-refractivity contribution in [1.29, 1.82) is 0 Å². The Morgan fingerprint density at radius 1 is 1.10 bits per heavy atom. The molecule has 2 heterocycles. The maximum absolute atomic E-state index is 13.5. The lowest BCUT2D eigenvalue weighted by Gasteiger charge is -2.28. The summed E-state index contributed by atoms with van der Waals surface area (Å²) in [5.74, 6) is -2.73. The average Bonchev–Trinajstić information content (AvgIpc) is 3.26. The fourth-order valence-electron chi connectivity index (χ4n) is 3.84. The van der Waals surface area contributed by atoms with E-state index in [4.69, 9.17) is 4.74 Å². The van der Waals surface area contributed by atoms with Crippen molar-refractivity contribution in [1.82, 2.24) is 4.90 Å². The average molecular weight is 396 g/mol.